The molecular weight excluding hydrogens is 375 g/mol. The van der Waals surface area contributed by atoms with Crippen LogP contribution in [0.3, 0.4) is 0 Å². The maximum Gasteiger partial charge on any atom is 0.252 e. The second-order valence-electron chi connectivity index (χ2n) is 9.46. The molecule has 0 heterocycles. The van der Waals surface area contributed by atoms with Crippen LogP contribution in [0.5, 0.6) is 0 Å². The second-order valence-corrected chi connectivity index (χ2v) is 9.86. The summed E-state index contributed by atoms with van der Waals surface area (Å²) in [5, 5.41) is 6.80. The van der Waals surface area contributed by atoms with Gasteiger partial charge in [0.15, 0.2) is 0 Å². The van der Waals surface area contributed by atoms with E-state index in [4.69, 9.17) is 11.6 Å². The van der Waals surface area contributed by atoms with Crippen molar-refractivity contribution in [1.29, 1.82) is 0 Å². The van der Waals surface area contributed by atoms with Crippen LogP contribution in [0.2, 0.25) is 5.02 Å². The summed E-state index contributed by atoms with van der Waals surface area (Å²) in [5.41, 5.74) is 2.02. The lowest BCUT2D eigenvalue weighted by molar-refractivity contribution is -0.0503. The van der Waals surface area contributed by atoms with Crippen LogP contribution in [-0.4, -0.2) is 32.2 Å². The van der Waals surface area contributed by atoms with E-state index in [0.29, 0.717) is 22.5 Å². The van der Waals surface area contributed by atoms with E-state index in [2.05, 4.69) is 10.6 Å². The van der Waals surface area contributed by atoms with E-state index >= 15 is 0 Å². The van der Waals surface area contributed by atoms with Gasteiger partial charge in [0.2, 0.25) is 0 Å². The van der Waals surface area contributed by atoms with Gasteiger partial charge < -0.3 is 10.6 Å². The number of hydrogen-bond donors (Lipinski definition) is 2. The lowest BCUT2D eigenvalue weighted by Gasteiger charge is -2.56. The van der Waals surface area contributed by atoms with Gasteiger partial charge in [0.05, 0.1) is 10.6 Å². The van der Waals surface area contributed by atoms with Gasteiger partial charge in [-0.15, -0.1) is 0 Å². The van der Waals surface area contributed by atoms with Gasteiger partial charge in [-0.05, 0) is 98.8 Å². The first-order valence-electron chi connectivity index (χ1n) is 10.9. The Morgan fingerprint density at radius 3 is 2.43 bits per heavy atom. The van der Waals surface area contributed by atoms with Crippen LogP contribution < -0.4 is 10.6 Å². The summed E-state index contributed by atoms with van der Waals surface area (Å²) in [4.78, 5) is 12.9. The minimum absolute atomic E-state index is 0.0434. The quantitative estimate of drug-likeness (QED) is 0.579. The Kier molecular flexibility index (Phi) is 6.27. The average Bonchev–Trinajstić information content (AvgIpc) is 2.66. The van der Waals surface area contributed by atoms with Crippen LogP contribution in [-0.2, 0) is 6.42 Å². The van der Waals surface area contributed by atoms with Crippen LogP contribution in [0.1, 0.15) is 60.9 Å². The van der Waals surface area contributed by atoms with Crippen molar-refractivity contribution in [2.75, 3.05) is 26.3 Å². The fourth-order valence-corrected chi connectivity index (χ4v) is 6.58. The molecule has 154 valence electrons. The predicted molar refractivity (Wildman–Crippen MR) is 112 cm³/mol. The zero-order valence-electron chi connectivity index (χ0n) is 16.6. The molecule has 4 aliphatic carbocycles. The number of carbonyl (C=O) groups excluding carboxylic acids is 1. The van der Waals surface area contributed by atoms with Gasteiger partial charge in [-0.3, -0.25) is 4.79 Å². The molecule has 0 atom stereocenters. The number of rotatable bonds is 9. The van der Waals surface area contributed by atoms with Crippen molar-refractivity contribution in [3.63, 3.8) is 0 Å². The fourth-order valence-electron chi connectivity index (χ4n) is 6.38. The van der Waals surface area contributed by atoms with Gasteiger partial charge in [-0.1, -0.05) is 17.7 Å². The van der Waals surface area contributed by atoms with Crippen molar-refractivity contribution >= 4 is 17.5 Å². The Hall–Kier alpha value is -1.13. The van der Waals surface area contributed by atoms with Gasteiger partial charge in [0, 0.05) is 13.1 Å². The highest BCUT2D eigenvalue weighted by Gasteiger charge is 2.50. The first kappa shape index (κ1) is 20.2. The van der Waals surface area contributed by atoms with Crippen molar-refractivity contribution in [1.82, 2.24) is 10.6 Å². The summed E-state index contributed by atoms with van der Waals surface area (Å²) < 4.78 is 12.1. The number of aryl methyl sites for hydroxylation is 1. The van der Waals surface area contributed by atoms with E-state index in [0.717, 1.165) is 49.2 Å². The molecule has 1 amide bonds. The van der Waals surface area contributed by atoms with E-state index in [-0.39, 0.29) is 12.6 Å². The molecule has 0 radical (unpaired) electrons. The summed E-state index contributed by atoms with van der Waals surface area (Å²) in [6.45, 7) is 1.64. The summed E-state index contributed by atoms with van der Waals surface area (Å²) in [7, 11) is 0. The largest absolute Gasteiger partial charge is 0.351 e. The lowest BCUT2D eigenvalue weighted by atomic mass is 9.49. The normalized spacial score (nSPS) is 30.6. The van der Waals surface area contributed by atoms with Gasteiger partial charge in [0.1, 0.15) is 6.67 Å². The number of amides is 1. The van der Waals surface area contributed by atoms with Crippen LogP contribution in [0.15, 0.2) is 18.2 Å². The highest BCUT2D eigenvalue weighted by molar-refractivity contribution is 6.33. The molecule has 4 fully saturated rings. The molecule has 5 rings (SSSR count). The highest BCUT2D eigenvalue weighted by atomic mass is 35.5. The molecular formula is C23H32ClFN2O. The number of alkyl halides is 1. The summed E-state index contributed by atoms with van der Waals surface area (Å²) >= 11 is 6.33. The van der Waals surface area contributed by atoms with E-state index in [1.165, 1.54) is 38.5 Å². The first-order valence-corrected chi connectivity index (χ1v) is 11.3. The number of halogens is 2. The standard InChI is InChI=1S/C23H32ClFN2O/c24-21-4-3-16(2-1-6-26-7-5-25)11-20(21)22(28)27-15-23-12-17-8-18(13-23)10-19(9-17)14-23/h3-4,11,17-19,26H,1-2,5-10,12-15H2,(H,27,28). The van der Waals surface area contributed by atoms with Crippen LogP contribution >= 0.6 is 11.6 Å². The van der Waals surface area contributed by atoms with Crippen molar-refractivity contribution < 1.29 is 9.18 Å². The minimum atomic E-state index is -0.338. The van der Waals surface area contributed by atoms with Gasteiger partial charge in [-0.2, -0.15) is 0 Å². The molecule has 2 N–H and O–H groups in total. The Labute approximate surface area is 172 Å². The molecule has 4 aliphatic rings. The predicted octanol–water partition coefficient (Wildman–Crippen LogP) is 4.78. The zero-order valence-corrected chi connectivity index (χ0v) is 17.4. The van der Waals surface area contributed by atoms with Gasteiger partial charge in [-0.25, -0.2) is 4.39 Å². The molecule has 1 aromatic carbocycles. The summed E-state index contributed by atoms with van der Waals surface area (Å²) in [5.74, 6) is 2.63. The van der Waals surface area contributed by atoms with Gasteiger partial charge >= 0.3 is 0 Å². The maximum atomic E-state index is 12.9. The zero-order chi connectivity index (χ0) is 19.6. The molecule has 0 spiro atoms. The second kappa shape index (κ2) is 8.71. The molecule has 4 saturated carbocycles. The number of carbonyl (C=O) groups is 1. The third kappa shape index (κ3) is 4.54. The average molecular weight is 407 g/mol. The van der Waals surface area contributed by atoms with Crippen molar-refractivity contribution in [2.24, 2.45) is 23.2 Å². The fraction of sp³-hybridized carbons (Fsp3) is 0.696. The molecule has 0 aliphatic heterocycles. The van der Waals surface area contributed by atoms with Gasteiger partial charge in [0.25, 0.3) is 5.91 Å². The Balaban J connectivity index is 1.33. The Morgan fingerprint density at radius 1 is 1.11 bits per heavy atom. The van der Waals surface area contributed by atoms with E-state index < -0.39 is 0 Å². The van der Waals surface area contributed by atoms with E-state index in [1.54, 1.807) is 0 Å². The number of nitrogens with one attached hydrogen (secondary N) is 2. The SMILES string of the molecule is O=C(NCC12CC3CC(CC(C3)C1)C2)c1cc(CCCNCCF)ccc1Cl. The monoisotopic (exact) mass is 406 g/mol. The molecule has 3 nitrogen and oxygen atoms in total. The van der Waals surface area contributed by atoms with Crippen LogP contribution in [0.25, 0.3) is 0 Å². The van der Waals surface area contributed by atoms with E-state index in [1.807, 2.05) is 18.2 Å². The first-order chi connectivity index (χ1) is 13.6. The number of hydrogen-bond acceptors (Lipinski definition) is 2. The molecule has 0 unspecified atom stereocenters. The topological polar surface area (TPSA) is 41.1 Å². The van der Waals surface area contributed by atoms with Crippen LogP contribution in [0, 0.1) is 23.2 Å². The van der Waals surface area contributed by atoms with Crippen molar-refractivity contribution in [3.8, 4) is 0 Å². The smallest absolute Gasteiger partial charge is 0.252 e. The molecule has 1 aromatic rings. The maximum absolute atomic E-state index is 12.9. The summed E-state index contributed by atoms with van der Waals surface area (Å²) in [6.07, 6.45) is 9.89. The van der Waals surface area contributed by atoms with Crippen molar-refractivity contribution in [3.05, 3.63) is 34.3 Å². The molecule has 0 aromatic heterocycles. The molecule has 5 heteroatoms. The Bertz CT molecular complexity index is 673. The third-order valence-electron chi connectivity index (χ3n) is 7.15. The molecule has 0 saturated heterocycles. The number of benzene rings is 1. The molecule has 4 bridgehead atoms. The Morgan fingerprint density at radius 2 is 1.79 bits per heavy atom. The summed E-state index contributed by atoms with van der Waals surface area (Å²) in [6, 6.07) is 5.73. The lowest BCUT2D eigenvalue weighted by Crippen LogP contribution is -2.51. The van der Waals surface area contributed by atoms with Crippen LogP contribution in [0.4, 0.5) is 4.39 Å². The van der Waals surface area contributed by atoms with Crippen molar-refractivity contribution in [2.45, 2.75) is 51.4 Å². The highest BCUT2D eigenvalue weighted by Crippen LogP contribution is 2.59. The minimum Gasteiger partial charge on any atom is -0.351 e. The molecule has 28 heavy (non-hydrogen) atoms. The third-order valence-corrected chi connectivity index (χ3v) is 7.48. The van der Waals surface area contributed by atoms with E-state index in [9.17, 15) is 9.18 Å².